The van der Waals surface area contributed by atoms with Crippen molar-refractivity contribution < 1.29 is 4.74 Å². The Hall–Kier alpha value is -0.680. The monoisotopic (exact) mass is 283 g/mol. The number of nitrogens with one attached hydrogen (secondary N) is 1. The minimum atomic E-state index is 0.426. The van der Waals surface area contributed by atoms with Crippen molar-refractivity contribution in [3.8, 4) is 0 Å². The molecule has 1 N–H and O–H groups in total. The molecule has 2 unspecified atom stereocenters. The maximum atomic E-state index is 6.07. The molecule has 0 spiro atoms. The molecular weight excluding hydrogens is 258 g/mol. The Kier molecular flexibility index (Phi) is 6.04. The fourth-order valence-electron chi connectivity index (χ4n) is 2.65. The molecule has 1 aromatic heterocycles. The Balaban J connectivity index is 1.79. The van der Waals surface area contributed by atoms with E-state index in [1.165, 1.54) is 32.1 Å². The molecule has 4 nitrogen and oxygen atoms in total. The number of rotatable bonds is 7. The maximum absolute atomic E-state index is 6.07. The lowest BCUT2D eigenvalue weighted by molar-refractivity contribution is -0.0224. The summed E-state index contributed by atoms with van der Waals surface area (Å²) >= 11 is 1.61. The summed E-state index contributed by atoms with van der Waals surface area (Å²) in [5.41, 5.74) is 0. The summed E-state index contributed by atoms with van der Waals surface area (Å²) in [6.45, 7) is 5.98. The lowest BCUT2D eigenvalue weighted by Crippen LogP contribution is -2.27. The second kappa shape index (κ2) is 7.80. The largest absolute Gasteiger partial charge is 0.371 e. The van der Waals surface area contributed by atoms with Crippen molar-refractivity contribution >= 4 is 16.5 Å². The van der Waals surface area contributed by atoms with Crippen LogP contribution < -0.4 is 5.32 Å². The zero-order chi connectivity index (χ0) is 13.5. The van der Waals surface area contributed by atoms with E-state index >= 15 is 0 Å². The van der Waals surface area contributed by atoms with Crippen molar-refractivity contribution in [1.82, 2.24) is 10.2 Å². The van der Waals surface area contributed by atoms with Gasteiger partial charge in [-0.1, -0.05) is 44.4 Å². The van der Waals surface area contributed by atoms with Crippen molar-refractivity contribution in [1.29, 1.82) is 0 Å². The summed E-state index contributed by atoms with van der Waals surface area (Å²) in [4.78, 5) is 0. The first-order chi connectivity index (χ1) is 9.33. The van der Waals surface area contributed by atoms with Crippen molar-refractivity contribution in [2.24, 2.45) is 5.92 Å². The van der Waals surface area contributed by atoms with Gasteiger partial charge >= 0.3 is 0 Å². The topological polar surface area (TPSA) is 47.0 Å². The predicted molar refractivity (Wildman–Crippen MR) is 79.5 cm³/mol. The summed E-state index contributed by atoms with van der Waals surface area (Å²) in [6.07, 6.45) is 7.95. The SMILES string of the molecule is CCCNc1nnc(COC2CCCCC2CC)s1. The van der Waals surface area contributed by atoms with Gasteiger partial charge in [-0.25, -0.2) is 0 Å². The van der Waals surface area contributed by atoms with E-state index in [-0.39, 0.29) is 0 Å². The van der Waals surface area contributed by atoms with Gasteiger partial charge in [0.25, 0.3) is 0 Å². The molecule has 1 aliphatic carbocycles. The van der Waals surface area contributed by atoms with E-state index in [4.69, 9.17) is 4.74 Å². The van der Waals surface area contributed by atoms with Gasteiger partial charge in [-0.2, -0.15) is 0 Å². The van der Waals surface area contributed by atoms with E-state index in [1.54, 1.807) is 11.3 Å². The summed E-state index contributed by atoms with van der Waals surface area (Å²) in [5, 5.41) is 13.5. The molecule has 19 heavy (non-hydrogen) atoms. The summed E-state index contributed by atoms with van der Waals surface area (Å²) in [7, 11) is 0. The third kappa shape index (κ3) is 4.42. The molecule has 5 heteroatoms. The molecule has 0 aliphatic heterocycles. The van der Waals surface area contributed by atoms with Crippen LogP contribution in [0.2, 0.25) is 0 Å². The zero-order valence-electron chi connectivity index (χ0n) is 12.0. The van der Waals surface area contributed by atoms with E-state index in [9.17, 15) is 0 Å². The van der Waals surface area contributed by atoms with Crippen molar-refractivity contribution in [2.45, 2.75) is 65.1 Å². The highest BCUT2D eigenvalue weighted by molar-refractivity contribution is 7.15. The van der Waals surface area contributed by atoms with E-state index in [1.807, 2.05) is 0 Å². The van der Waals surface area contributed by atoms with Gasteiger partial charge in [0.05, 0.1) is 6.10 Å². The highest BCUT2D eigenvalue weighted by atomic mass is 32.1. The van der Waals surface area contributed by atoms with E-state index in [0.717, 1.165) is 29.0 Å². The van der Waals surface area contributed by atoms with Crippen molar-refractivity contribution in [3.63, 3.8) is 0 Å². The third-order valence-corrected chi connectivity index (χ3v) is 4.63. The van der Waals surface area contributed by atoms with Crippen LogP contribution >= 0.6 is 11.3 Å². The molecule has 0 amide bonds. The second-order valence-electron chi connectivity index (χ2n) is 5.23. The average Bonchev–Trinajstić information content (AvgIpc) is 2.91. The van der Waals surface area contributed by atoms with E-state index in [2.05, 4.69) is 29.4 Å². The number of hydrogen-bond acceptors (Lipinski definition) is 5. The highest BCUT2D eigenvalue weighted by Crippen LogP contribution is 2.30. The molecular formula is C14H25N3OS. The predicted octanol–water partition coefficient (Wildman–Crippen LogP) is 3.85. The van der Waals surface area contributed by atoms with Crippen LogP contribution in [0.25, 0.3) is 0 Å². The molecule has 1 aliphatic rings. The quantitative estimate of drug-likeness (QED) is 0.825. The lowest BCUT2D eigenvalue weighted by Gasteiger charge is -2.30. The van der Waals surface area contributed by atoms with Gasteiger partial charge in [0.2, 0.25) is 5.13 Å². The fourth-order valence-corrected chi connectivity index (χ4v) is 3.34. The van der Waals surface area contributed by atoms with Gasteiger partial charge in [0.15, 0.2) is 0 Å². The molecule has 2 atom stereocenters. The minimum Gasteiger partial charge on any atom is -0.371 e. The highest BCUT2D eigenvalue weighted by Gasteiger charge is 2.24. The third-order valence-electron chi connectivity index (χ3n) is 3.78. The molecule has 1 saturated carbocycles. The standard InChI is InChI=1S/C14H25N3OS/c1-3-9-15-14-17-16-13(19-14)10-18-12-8-6-5-7-11(12)4-2/h11-12H,3-10H2,1-2H3,(H,15,17). The Morgan fingerprint density at radius 2 is 2.11 bits per heavy atom. The van der Waals surface area contributed by atoms with Crippen LogP contribution in [0.5, 0.6) is 0 Å². The summed E-state index contributed by atoms with van der Waals surface area (Å²) in [5.74, 6) is 0.736. The molecule has 1 aromatic rings. The second-order valence-corrected chi connectivity index (χ2v) is 6.29. The molecule has 108 valence electrons. The average molecular weight is 283 g/mol. The summed E-state index contributed by atoms with van der Waals surface area (Å²) < 4.78 is 6.07. The van der Waals surface area contributed by atoms with Gasteiger partial charge in [-0.15, -0.1) is 10.2 Å². The number of nitrogens with zero attached hydrogens (tertiary/aromatic N) is 2. The van der Waals surface area contributed by atoms with Crippen LogP contribution in [-0.2, 0) is 11.3 Å². The Morgan fingerprint density at radius 1 is 1.26 bits per heavy atom. The van der Waals surface area contributed by atoms with Crippen molar-refractivity contribution in [3.05, 3.63) is 5.01 Å². The van der Waals surface area contributed by atoms with E-state index in [0.29, 0.717) is 12.7 Å². The van der Waals surface area contributed by atoms with Gasteiger partial charge < -0.3 is 10.1 Å². The minimum absolute atomic E-state index is 0.426. The van der Waals surface area contributed by atoms with E-state index < -0.39 is 0 Å². The first kappa shape index (κ1) is 14.7. The first-order valence-electron chi connectivity index (χ1n) is 7.51. The molecule has 1 heterocycles. The zero-order valence-corrected chi connectivity index (χ0v) is 12.8. The van der Waals surface area contributed by atoms with Crippen molar-refractivity contribution in [2.75, 3.05) is 11.9 Å². The number of ether oxygens (including phenoxy) is 1. The van der Waals surface area contributed by atoms with Crippen LogP contribution in [0.4, 0.5) is 5.13 Å². The Labute approximate surface area is 120 Å². The van der Waals surface area contributed by atoms with Gasteiger partial charge in [-0.05, 0) is 25.2 Å². The Morgan fingerprint density at radius 3 is 2.89 bits per heavy atom. The Bertz CT molecular complexity index is 369. The first-order valence-corrected chi connectivity index (χ1v) is 8.33. The van der Waals surface area contributed by atoms with Gasteiger partial charge in [-0.3, -0.25) is 0 Å². The molecule has 0 bridgehead atoms. The van der Waals surface area contributed by atoms with Crippen LogP contribution in [0, 0.1) is 5.92 Å². The number of aromatic nitrogens is 2. The number of hydrogen-bond donors (Lipinski definition) is 1. The fraction of sp³-hybridized carbons (Fsp3) is 0.857. The normalized spacial score (nSPS) is 23.5. The lowest BCUT2D eigenvalue weighted by atomic mass is 9.85. The van der Waals surface area contributed by atoms with Crippen LogP contribution in [-0.4, -0.2) is 22.8 Å². The molecule has 0 saturated heterocycles. The summed E-state index contributed by atoms with van der Waals surface area (Å²) in [6, 6.07) is 0. The molecule has 2 rings (SSSR count). The van der Waals surface area contributed by atoms with Crippen LogP contribution in [0.1, 0.15) is 57.4 Å². The smallest absolute Gasteiger partial charge is 0.205 e. The van der Waals surface area contributed by atoms with Gasteiger partial charge in [0.1, 0.15) is 11.6 Å². The van der Waals surface area contributed by atoms with Gasteiger partial charge in [0, 0.05) is 6.54 Å². The number of anilines is 1. The molecule has 0 radical (unpaired) electrons. The maximum Gasteiger partial charge on any atom is 0.205 e. The molecule has 0 aromatic carbocycles. The van der Waals surface area contributed by atoms with Crippen LogP contribution in [0.3, 0.4) is 0 Å². The molecule has 1 fully saturated rings. The van der Waals surface area contributed by atoms with Crippen LogP contribution in [0.15, 0.2) is 0 Å².